The first kappa shape index (κ1) is 34.1. The number of carbonyl (C=O) groups is 2. The van der Waals surface area contributed by atoms with Crippen molar-refractivity contribution in [2.24, 2.45) is 0 Å². The first-order valence-electron chi connectivity index (χ1n) is 17.4. The summed E-state index contributed by atoms with van der Waals surface area (Å²) in [4.78, 5) is 27.8. The number of aryl methyl sites for hydroxylation is 2. The lowest BCUT2D eigenvalue weighted by Gasteiger charge is -2.26. The Balaban J connectivity index is 1.22. The second kappa shape index (κ2) is 15.7. The Labute approximate surface area is 304 Å². The lowest BCUT2D eigenvalue weighted by atomic mass is 10.0. The van der Waals surface area contributed by atoms with Crippen LogP contribution in [-0.4, -0.2) is 26.2 Å². The number of para-hydroxylation sites is 2. The van der Waals surface area contributed by atoms with Crippen LogP contribution in [0.4, 0.5) is 34.1 Å². The van der Waals surface area contributed by atoms with Crippen LogP contribution in [0.2, 0.25) is 0 Å². The number of rotatable bonds is 12. The highest BCUT2D eigenvalue weighted by Crippen LogP contribution is 2.39. The van der Waals surface area contributed by atoms with Crippen LogP contribution < -0.4 is 9.80 Å². The van der Waals surface area contributed by atoms with E-state index in [9.17, 15) is 9.59 Å². The van der Waals surface area contributed by atoms with E-state index < -0.39 is 0 Å². The van der Waals surface area contributed by atoms with E-state index in [1.807, 2.05) is 36.4 Å². The summed E-state index contributed by atoms with van der Waals surface area (Å²) in [6, 6.07) is 56.3. The molecule has 0 atom stereocenters. The van der Waals surface area contributed by atoms with Crippen LogP contribution in [0.1, 0.15) is 24.0 Å². The van der Waals surface area contributed by atoms with Crippen LogP contribution in [0, 0.1) is 6.07 Å². The van der Waals surface area contributed by atoms with E-state index in [0.717, 1.165) is 66.8 Å². The van der Waals surface area contributed by atoms with Crippen molar-refractivity contribution in [1.82, 2.24) is 0 Å². The fourth-order valence-electron chi connectivity index (χ4n) is 6.52. The van der Waals surface area contributed by atoms with Gasteiger partial charge in [-0.05, 0) is 124 Å². The Morgan fingerprint density at radius 2 is 0.962 bits per heavy atom. The predicted molar refractivity (Wildman–Crippen MR) is 210 cm³/mol. The second-order valence-electron chi connectivity index (χ2n) is 12.6. The van der Waals surface area contributed by atoms with Crippen molar-refractivity contribution >= 4 is 67.6 Å². The molecule has 0 bridgehead atoms. The molecule has 7 aromatic carbocycles. The molecular formula is C46H39N2O4. The molecule has 7 rings (SSSR count). The molecule has 0 amide bonds. The Hall–Kier alpha value is -6.40. The van der Waals surface area contributed by atoms with E-state index in [1.54, 1.807) is 0 Å². The smallest absolute Gasteiger partial charge is 0.305 e. The van der Waals surface area contributed by atoms with E-state index in [4.69, 9.17) is 9.47 Å². The van der Waals surface area contributed by atoms with Crippen LogP contribution in [0.3, 0.4) is 0 Å². The summed E-state index contributed by atoms with van der Waals surface area (Å²) in [5.74, 6) is -0.418. The minimum Gasteiger partial charge on any atom is -0.469 e. The van der Waals surface area contributed by atoms with Crippen molar-refractivity contribution in [3.63, 3.8) is 0 Å². The first-order chi connectivity index (χ1) is 25.5. The maximum Gasteiger partial charge on any atom is 0.305 e. The Morgan fingerprint density at radius 1 is 0.481 bits per heavy atom. The monoisotopic (exact) mass is 683 g/mol. The molecule has 0 N–H and O–H groups in total. The first-order valence-corrected chi connectivity index (χ1v) is 17.4. The summed E-state index contributed by atoms with van der Waals surface area (Å²) in [7, 11) is 2.84. The normalized spacial score (nSPS) is 11.0. The van der Waals surface area contributed by atoms with Gasteiger partial charge in [0.25, 0.3) is 0 Å². The topological polar surface area (TPSA) is 59.1 Å². The number of hydrogen-bond donors (Lipinski definition) is 0. The largest absolute Gasteiger partial charge is 0.469 e. The maximum absolute atomic E-state index is 11.7. The second-order valence-corrected chi connectivity index (χ2v) is 12.6. The van der Waals surface area contributed by atoms with Crippen molar-refractivity contribution in [2.75, 3.05) is 24.0 Å². The molecule has 0 unspecified atom stereocenters. The molecule has 7 aromatic rings. The van der Waals surface area contributed by atoms with Gasteiger partial charge in [-0.25, -0.2) is 0 Å². The molecule has 1 radical (unpaired) electrons. The zero-order valence-electron chi connectivity index (χ0n) is 29.3. The summed E-state index contributed by atoms with van der Waals surface area (Å²) in [5.41, 5.74) is 8.27. The number of anilines is 6. The van der Waals surface area contributed by atoms with Gasteiger partial charge < -0.3 is 19.3 Å². The zero-order valence-corrected chi connectivity index (χ0v) is 29.3. The maximum atomic E-state index is 11.7. The van der Waals surface area contributed by atoms with Crippen LogP contribution in [0.5, 0.6) is 0 Å². The van der Waals surface area contributed by atoms with E-state index in [2.05, 4.69) is 131 Å². The molecule has 257 valence electrons. The van der Waals surface area contributed by atoms with Crippen LogP contribution >= 0.6 is 0 Å². The molecule has 0 fully saturated rings. The molecule has 0 saturated heterocycles. The molecule has 0 aliphatic rings. The molecule has 52 heavy (non-hydrogen) atoms. The van der Waals surface area contributed by atoms with Gasteiger partial charge in [0.05, 0.1) is 19.9 Å². The van der Waals surface area contributed by atoms with Gasteiger partial charge in [-0.1, -0.05) is 72.8 Å². The van der Waals surface area contributed by atoms with Gasteiger partial charge in [0, 0.05) is 47.3 Å². The highest BCUT2D eigenvalue weighted by molar-refractivity contribution is 6.01. The zero-order chi connectivity index (χ0) is 35.9. The third kappa shape index (κ3) is 7.67. The van der Waals surface area contributed by atoms with Crippen LogP contribution in [0.15, 0.2) is 152 Å². The summed E-state index contributed by atoms with van der Waals surface area (Å²) >= 11 is 0. The van der Waals surface area contributed by atoms with Gasteiger partial charge in [0.15, 0.2) is 0 Å². The number of nitrogens with zero attached hydrogens (tertiary/aromatic N) is 2. The Kier molecular flexibility index (Phi) is 10.3. The van der Waals surface area contributed by atoms with Gasteiger partial charge >= 0.3 is 11.9 Å². The molecular weight excluding hydrogens is 645 g/mol. The van der Waals surface area contributed by atoms with Gasteiger partial charge in [-0.3, -0.25) is 9.59 Å². The summed E-state index contributed by atoms with van der Waals surface area (Å²) in [6.07, 6.45) is 1.97. The number of fused-ring (bicyclic) bond motifs is 2. The average molecular weight is 684 g/mol. The third-order valence-electron chi connectivity index (χ3n) is 9.28. The van der Waals surface area contributed by atoms with E-state index >= 15 is 0 Å². The molecule has 6 nitrogen and oxygen atoms in total. The number of methoxy groups -OCH3 is 2. The summed E-state index contributed by atoms with van der Waals surface area (Å²) in [5, 5.41) is 4.37. The van der Waals surface area contributed by atoms with E-state index in [1.165, 1.54) is 14.2 Å². The predicted octanol–water partition coefficient (Wildman–Crippen LogP) is 10.9. The highest BCUT2D eigenvalue weighted by atomic mass is 16.5. The van der Waals surface area contributed by atoms with Gasteiger partial charge in [0.2, 0.25) is 0 Å². The fraction of sp³-hybridized carbons (Fsp3) is 0.130. The molecule has 0 aromatic heterocycles. The quantitative estimate of drug-likeness (QED) is 0.0944. The van der Waals surface area contributed by atoms with Gasteiger partial charge in [-0.15, -0.1) is 0 Å². The summed E-state index contributed by atoms with van der Waals surface area (Å²) in [6.45, 7) is 0. The molecule has 6 heteroatoms. The van der Waals surface area contributed by atoms with Crippen molar-refractivity contribution in [2.45, 2.75) is 25.7 Å². The van der Waals surface area contributed by atoms with Crippen molar-refractivity contribution < 1.29 is 19.1 Å². The van der Waals surface area contributed by atoms with Crippen LogP contribution in [0.25, 0.3) is 21.5 Å². The van der Waals surface area contributed by atoms with Crippen molar-refractivity contribution in [1.29, 1.82) is 0 Å². The SMILES string of the molecule is COC(=O)CCc1ccc(N(c2[c]c3cc4ccc(N(c5ccccc5)c5ccc(CCC(=O)OC)cc5)cc4cc3cc2)c2ccccc2)cc1. The Bertz CT molecular complexity index is 2140. The molecule has 0 saturated carbocycles. The molecule has 0 aliphatic heterocycles. The minimum absolute atomic E-state index is 0.208. The third-order valence-corrected chi connectivity index (χ3v) is 9.28. The lowest BCUT2D eigenvalue weighted by Crippen LogP contribution is -2.10. The van der Waals surface area contributed by atoms with Gasteiger partial charge in [-0.2, -0.15) is 0 Å². The number of benzene rings is 7. The van der Waals surface area contributed by atoms with Crippen LogP contribution in [-0.2, 0) is 31.9 Å². The standard InChI is InChI=1S/C46H39N2O4/c1-51-45(49)27-17-33-13-21-41(22-14-33)47(39-9-5-3-6-10-39)43-25-19-35-30-38-32-44(26-20-36(38)29-37(35)31-43)48(40-11-7-4-8-12-40)42-23-15-34(16-24-42)18-28-46(50)52-2/h3-16,19-26,29-31H,17-18,27-28H2,1-2H3. The van der Waals surface area contributed by atoms with E-state index in [-0.39, 0.29) is 11.9 Å². The number of esters is 2. The fourth-order valence-corrected chi connectivity index (χ4v) is 6.52. The number of hydrogen-bond acceptors (Lipinski definition) is 6. The Morgan fingerprint density at radius 3 is 1.52 bits per heavy atom. The van der Waals surface area contributed by atoms with E-state index in [0.29, 0.717) is 25.7 Å². The average Bonchev–Trinajstić information content (AvgIpc) is 3.20. The summed E-state index contributed by atoms with van der Waals surface area (Å²) < 4.78 is 9.64. The number of carbonyl (C=O) groups excluding carboxylic acids is 2. The molecule has 0 spiro atoms. The van der Waals surface area contributed by atoms with Gasteiger partial charge in [0.1, 0.15) is 0 Å². The van der Waals surface area contributed by atoms with Crippen molar-refractivity contribution in [3.8, 4) is 0 Å². The molecule has 0 aliphatic carbocycles. The number of ether oxygens (including phenoxy) is 2. The van der Waals surface area contributed by atoms with Crippen molar-refractivity contribution in [3.05, 3.63) is 169 Å². The minimum atomic E-state index is -0.210. The highest BCUT2D eigenvalue weighted by Gasteiger charge is 2.16. The molecule has 0 heterocycles. The lowest BCUT2D eigenvalue weighted by molar-refractivity contribution is -0.141.